The van der Waals surface area contributed by atoms with Gasteiger partial charge in [-0.05, 0) is 30.7 Å². The maximum absolute atomic E-state index is 13.2. The molecule has 1 N–H and O–H groups in total. The van der Waals surface area contributed by atoms with Crippen LogP contribution >= 0.6 is 11.3 Å². The van der Waals surface area contributed by atoms with Gasteiger partial charge in [-0.1, -0.05) is 24.3 Å². The normalized spacial score (nSPS) is 11.0. The molecule has 0 atom stereocenters. The topological polar surface area (TPSA) is 65.8 Å². The van der Waals surface area contributed by atoms with Crippen molar-refractivity contribution >= 4 is 28.7 Å². The maximum Gasteiger partial charge on any atom is 0.336 e. The molecule has 0 aliphatic carbocycles. The van der Waals surface area contributed by atoms with Gasteiger partial charge < -0.3 is 5.11 Å². The number of carboxylic acid groups (broad SMARTS) is 1. The quantitative estimate of drug-likeness (QED) is 0.534. The average Bonchev–Trinajstić information content (AvgIpc) is 3.10. The van der Waals surface area contributed by atoms with Crippen LogP contribution in [-0.2, 0) is 0 Å². The highest BCUT2D eigenvalue weighted by molar-refractivity contribution is 7.14. The lowest BCUT2D eigenvalue weighted by Gasteiger charge is -2.09. The van der Waals surface area contributed by atoms with Crippen molar-refractivity contribution < 1.29 is 14.3 Å². The van der Waals surface area contributed by atoms with Crippen molar-refractivity contribution in [2.75, 3.05) is 12.1 Å². The molecule has 0 fully saturated rings. The number of rotatable bonds is 5. The predicted octanol–water partition coefficient (Wildman–Crippen LogP) is 4.43. The molecule has 0 bridgehead atoms. The molecule has 0 radical (unpaired) electrons. The Morgan fingerprint density at radius 2 is 2.08 bits per heavy atom. The van der Waals surface area contributed by atoms with Crippen molar-refractivity contribution in [3.63, 3.8) is 0 Å². The number of hydrazone groups is 1. The number of carboxylic acids is 1. The first-order valence-electron chi connectivity index (χ1n) is 7.78. The van der Waals surface area contributed by atoms with E-state index in [1.165, 1.54) is 29.7 Å². The number of nitrogens with zero attached hydrogens (tertiary/aromatic N) is 3. The molecule has 26 heavy (non-hydrogen) atoms. The van der Waals surface area contributed by atoms with Gasteiger partial charge in [-0.15, -0.1) is 11.3 Å². The third-order valence-electron chi connectivity index (χ3n) is 3.81. The lowest BCUT2D eigenvalue weighted by molar-refractivity contribution is 0.0696. The van der Waals surface area contributed by atoms with Crippen molar-refractivity contribution in [3.05, 3.63) is 70.4 Å². The summed E-state index contributed by atoms with van der Waals surface area (Å²) in [5.41, 5.74) is 3.23. The number of halogens is 1. The maximum atomic E-state index is 13.2. The average molecular weight is 369 g/mol. The Kier molecular flexibility index (Phi) is 5.09. The van der Waals surface area contributed by atoms with E-state index in [1.807, 2.05) is 36.6 Å². The van der Waals surface area contributed by atoms with E-state index in [1.54, 1.807) is 12.1 Å². The molecule has 0 aliphatic heterocycles. The molecule has 5 nitrogen and oxygen atoms in total. The van der Waals surface area contributed by atoms with Gasteiger partial charge in [0.25, 0.3) is 0 Å². The van der Waals surface area contributed by atoms with Crippen LogP contribution in [0, 0.1) is 12.7 Å². The van der Waals surface area contributed by atoms with Crippen molar-refractivity contribution in [1.29, 1.82) is 0 Å². The number of carbonyl (C=O) groups is 1. The molecule has 2 aromatic carbocycles. The third kappa shape index (κ3) is 3.78. The molecule has 132 valence electrons. The fourth-order valence-corrected chi connectivity index (χ4v) is 3.17. The van der Waals surface area contributed by atoms with Gasteiger partial charge in [0.2, 0.25) is 5.13 Å². The Balaban J connectivity index is 1.83. The molecule has 1 heterocycles. The number of aromatic nitrogens is 1. The Labute approximate surface area is 154 Å². The van der Waals surface area contributed by atoms with Crippen LogP contribution in [0.3, 0.4) is 0 Å². The van der Waals surface area contributed by atoms with E-state index < -0.39 is 11.8 Å². The number of aromatic carboxylic acids is 1. The minimum Gasteiger partial charge on any atom is -0.478 e. The number of hydrogen-bond donors (Lipinski definition) is 1. The van der Waals surface area contributed by atoms with E-state index in [2.05, 4.69) is 10.1 Å². The molecule has 0 amide bonds. The second-order valence-corrected chi connectivity index (χ2v) is 6.47. The summed E-state index contributed by atoms with van der Waals surface area (Å²) in [7, 11) is 1.72. The van der Waals surface area contributed by atoms with Gasteiger partial charge >= 0.3 is 5.97 Å². The first-order chi connectivity index (χ1) is 12.5. The zero-order chi connectivity index (χ0) is 18.7. The van der Waals surface area contributed by atoms with Gasteiger partial charge in [0.15, 0.2) is 0 Å². The summed E-state index contributed by atoms with van der Waals surface area (Å²) < 4.78 is 13.2. The number of anilines is 1. The predicted molar refractivity (Wildman–Crippen MR) is 102 cm³/mol. The molecule has 7 heteroatoms. The van der Waals surface area contributed by atoms with E-state index in [0.717, 1.165) is 22.9 Å². The summed E-state index contributed by atoms with van der Waals surface area (Å²) in [6.45, 7) is 2.03. The van der Waals surface area contributed by atoms with Gasteiger partial charge in [-0.3, -0.25) is 0 Å². The zero-order valence-corrected chi connectivity index (χ0v) is 15.0. The number of thiazole rings is 1. The number of hydrogen-bond acceptors (Lipinski definition) is 5. The van der Waals surface area contributed by atoms with Crippen LogP contribution in [0.1, 0.15) is 21.5 Å². The van der Waals surface area contributed by atoms with Crippen LogP contribution in [0.2, 0.25) is 0 Å². The molecular weight excluding hydrogens is 353 g/mol. The standard InChI is InChI=1S/C19H16FN3O2S/c1-12-5-3-4-6-15(12)17-11-26-19(22-17)23(2)21-10-13-7-8-14(20)9-16(13)18(24)25/h3-11H,1-2H3,(H,24,25)/b21-10+. The first kappa shape index (κ1) is 17.8. The van der Waals surface area contributed by atoms with Crippen LogP contribution in [0.15, 0.2) is 52.9 Å². The molecule has 0 spiro atoms. The summed E-state index contributed by atoms with van der Waals surface area (Å²) in [4.78, 5) is 15.8. The molecule has 3 aromatic rings. The van der Waals surface area contributed by atoms with Crippen LogP contribution < -0.4 is 5.01 Å². The molecule has 0 aliphatic rings. The molecular formula is C19H16FN3O2S. The van der Waals surface area contributed by atoms with Gasteiger partial charge in [0, 0.05) is 23.6 Å². The van der Waals surface area contributed by atoms with Gasteiger partial charge in [0.05, 0.1) is 17.5 Å². The highest BCUT2D eigenvalue weighted by atomic mass is 32.1. The molecule has 0 unspecified atom stereocenters. The van der Waals surface area contributed by atoms with Gasteiger partial charge in [-0.2, -0.15) is 5.10 Å². The van der Waals surface area contributed by atoms with Crippen molar-refractivity contribution in [1.82, 2.24) is 4.98 Å². The Hall–Kier alpha value is -3.06. The number of benzene rings is 2. The van der Waals surface area contributed by atoms with Crippen LogP contribution in [0.5, 0.6) is 0 Å². The monoisotopic (exact) mass is 369 g/mol. The second-order valence-electron chi connectivity index (χ2n) is 5.64. The van der Waals surface area contributed by atoms with Gasteiger partial charge in [0.1, 0.15) is 5.82 Å². The van der Waals surface area contributed by atoms with E-state index in [-0.39, 0.29) is 5.56 Å². The van der Waals surface area contributed by atoms with Gasteiger partial charge in [-0.25, -0.2) is 19.2 Å². The summed E-state index contributed by atoms with van der Waals surface area (Å²) >= 11 is 1.43. The van der Waals surface area contributed by atoms with Crippen molar-refractivity contribution in [2.24, 2.45) is 5.10 Å². The molecule has 0 saturated heterocycles. The van der Waals surface area contributed by atoms with E-state index in [9.17, 15) is 14.3 Å². The minimum atomic E-state index is -1.20. The Morgan fingerprint density at radius 1 is 1.31 bits per heavy atom. The summed E-state index contributed by atoms with van der Waals surface area (Å²) in [5.74, 6) is -1.81. The second kappa shape index (κ2) is 7.45. The molecule has 1 aromatic heterocycles. The zero-order valence-electron chi connectivity index (χ0n) is 14.2. The Morgan fingerprint density at radius 3 is 2.81 bits per heavy atom. The molecule has 0 saturated carbocycles. The molecule has 3 rings (SSSR count). The van der Waals surface area contributed by atoms with Crippen LogP contribution in [-0.4, -0.2) is 29.3 Å². The SMILES string of the molecule is Cc1ccccc1-c1csc(N(C)/N=C/c2ccc(F)cc2C(=O)O)n1. The fraction of sp³-hybridized carbons (Fsp3) is 0.105. The van der Waals surface area contributed by atoms with E-state index in [4.69, 9.17) is 0 Å². The summed E-state index contributed by atoms with van der Waals surface area (Å²) in [5, 5.41) is 17.6. The first-order valence-corrected chi connectivity index (χ1v) is 8.66. The number of aryl methyl sites for hydroxylation is 1. The van der Waals surface area contributed by atoms with E-state index >= 15 is 0 Å². The largest absolute Gasteiger partial charge is 0.478 e. The summed E-state index contributed by atoms with van der Waals surface area (Å²) in [6.07, 6.45) is 1.39. The third-order valence-corrected chi connectivity index (χ3v) is 4.71. The van der Waals surface area contributed by atoms with Crippen LogP contribution in [0.25, 0.3) is 11.3 Å². The summed E-state index contributed by atoms with van der Waals surface area (Å²) in [6, 6.07) is 11.5. The fourth-order valence-electron chi connectivity index (χ4n) is 2.42. The van der Waals surface area contributed by atoms with E-state index in [0.29, 0.717) is 10.7 Å². The minimum absolute atomic E-state index is 0.137. The van der Waals surface area contributed by atoms with Crippen molar-refractivity contribution in [2.45, 2.75) is 6.92 Å². The lowest BCUT2D eigenvalue weighted by Crippen LogP contribution is -2.10. The van der Waals surface area contributed by atoms with Crippen molar-refractivity contribution in [3.8, 4) is 11.3 Å². The highest BCUT2D eigenvalue weighted by Gasteiger charge is 2.12. The Bertz CT molecular complexity index is 984. The lowest BCUT2D eigenvalue weighted by atomic mass is 10.1. The highest BCUT2D eigenvalue weighted by Crippen LogP contribution is 2.28. The smallest absolute Gasteiger partial charge is 0.336 e. The van der Waals surface area contributed by atoms with Crippen LogP contribution in [0.4, 0.5) is 9.52 Å².